The molecule has 0 aliphatic heterocycles. The van der Waals surface area contributed by atoms with Gasteiger partial charge in [-0.25, -0.2) is 0 Å². The van der Waals surface area contributed by atoms with Crippen LogP contribution in [0.5, 0.6) is 0 Å². The standard InChI is InChI=1S/C28H43NO/c1-21(2)11-9-17-29(18-10-12-22(3)4)20-28(30)27-19-23-13-5-6-14-24(23)25-15-7-8-16-26(25)27/h7-8,15-16,19,21-22,28,30H,5-6,9-14,17-18,20H2,1-4H3/t28-/m0/s1. The van der Waals surface area contributed by atoms with E-state index < -0.39 is 6.10 Å². The SMILES string of the molecule is CC(C)CCCN(CCCC(C)C)C[C@H](O)c1cc2c(c3ccccc13)CCCC2. The second-order valence-corrected chi connectivity index (χ2v) is 10.2. The maximum atomic E-state index is 11.4. The first-order chi connectivity index (χ1) is 14.5. The molecule has 2 aromatic rings. The van der Waals surface area contributed by atoms with Crippen molar-refractivity contribution in [1.82, 2.24) is 4.90 Å². The van der Waals surface area contributed by atoms with E-state index in [4.69, 9.17) is 0 Å². The van der Waals surface area contributed by atoms with Crippen LogP contribution in [0.2, 0.25) is 0 Å². The van der Waals surface area contributed by atoms with Crippen molar-refractivity contribution in [3.63, 3.8) is 0 Å². The van der Waals surface area contributed by atoms with Crippen LogP contribution in [0.1, 0.15) is 89.0 Å². The molecule has 0 amide bonds. The fourth-order valence-corrected chi connectivity index (χ4v) is 5.02. The second kappa shape index (κ2) is 11.3. The van der Waals surface area contributed by atoms with Crippen molar-refractivity contribution in [1.29, 1.82) is 0 Å². The van der Waals surface area contributed by atoms with Crippen LogP contribution in [-0.2, 0) is 12.8 Å². The van der Waals surface area contributed by atoms with E-state index in [2.05, 4.69) is 62.9 Å². The zero-order valence-electron chi connectivity index (χ0n) is 19.8. The van der Waals surface area contributed by atoms with Gasteiger partial charge in [0.15, 0.2) is 0 Å². The summed E-state index contributed by atoms with van der Waals surface area (Å²) in [6.45, 7) is 12.1. The molecule has 1 aliphatic rings. The van der Waals surface area contributed by atoms with Gasteiger partial charge in [-0.1, -0.05) is 58.0 Å². The predicted molar refractivity (Wildman–Crippen MR) is 130 cm³/mol. The molecule has 0 saturated heterocycles. The van der Waals surface area contributed by atoms with Crippen LogP contribution < -0.4 is 0 Å². The summed E-state index contributed by atoms with van der Waals surface area (Å²) in [5.41, 5.74) is 4.14. The monoisotopic (exact) mass is 409 g/mol. The number of fused-ring (bicyclic) bond motifs is 3. The molecule has 0 spiro atoms. The van der Waals surface area contributed by atoms with E-state index in [1.165, 1.54) is 66.8 Å². The maximum absolute atomic E-state index is 11.4. The zero-order chi connectivity index (χ0) is 21.5. The Morgan fingerprint density at radius 1 is 0.867 bits per heavy atom. The molecule has 2 aromatic carbocycles. The van der Waals surface area contributed by atoms with Gasteiger partial charge in [0, 0.05) is 6.54 Å². The van der Waals surface area contributed by atoms with Crippen LogP contribution in [-0.4, -0.2) is 29.6 Å². The Labute approximate surface area is 184 Å². The summed E-state index contributed by atoms with van der Waals surface area (Å²) in [5.74, 6) is 1.49. The molecule has 0 saturated carbocycles. The molecule has 1 aliphatic carbocycles. The summed E-state index contributed by atoms with van der Waals surface area (Å²) in [6, 6.07) is 11.1. The Morgan fingerprint density at radius 2 is 1.47 bits per heavy atom. The van der Waals surface area contributed by atoms with E-state index in [0.29, 0.717) is 0 Å². The van der Waals surface area contributed by atoms with Crippen molar-refractivity contribution in [3.8, 4) is 0 Å². The van der Waals surface area contributed by atoms with Crippen molar-refractivity contribution >= 4 is 10.8 Å². The molecule has 0 heterocycles. The van der Waals surface area contributed by atoms with Gasteiger partial charge in [0.1, 0.15) is 0 Å². The normalized spacial score (nSPS) is 15.3. The van der Waals surface area contributed by atoms with Gasteiger partial charge in [-0.15, -0.1) is 0 Å². The van der Waals surface area contributed by atoms with Crippen molar-refractivity contribution in [2.45, 2.75) is 85.2 Å². The zero-order valence-corrected chi connectivity index (χ0v) is 19.8. The number of rotatable bonds is 11. The van der Waals surface area contributed by atoms with Gasteiger partial charge in [0.25, 0.3) is 0 Å². The summed E-state index contributed by atoms with van der Waals surface area (Å²) in [6.07, 6.45) is 9.45. The Morgan fingerprint density at radius 3 is 2.10 bits per heavy atom. The molecule has 2 heteroatoms. The number of nitrogens with zero attached hydrogens (tertiary/aromatic N) is 1. The molecule has 3 rings (SSSR count). The lowest BCUT2D eigenvalue weighted by Crippen LogP contribution is -2.31. The van der Waals surface area contributed by atoms with Crippen molar-refractivity contribution in [2.75, 3.05) is 19.6 Å². The number of hydrogen-bond donors (Lipinski definition) is 1. The number of benzene rings is 2. The topological polar surface area (TPSA) is 23.5 Å². The summed E-state index contributed by atoms with van der Waals surface area (Å²) in [7, 11) is 0. The highest BCUT2D eigenvalue weighted by Crippen LogP contribution is 2.34. The highest BCUT2D eigenvalue weighted by atomic mass is 16.3. The maximum Gasteiger partial charge on any atom is 0.0923 e. The third-order valence-corrected chi connectivity index (χ3v) is 6.71. The van der Waals surface area contributed by atoms with E-state index in [-0.39, 0.29) is 0 Å². The van der Waals surface area contributed by atoms with E-state index in [1.54, 1.807) is 0 Å². The summed E-state index contributed by atoms with van der Waals surface area (Å²) >= 11 is 0. The smallest absolute Gasteiger partial charge is 0.0923 e. The Kier molecular flexibility index (Phi) is 8.77. The number of hydrogen-bond acceptors (Lipinski definition) is 2. The predicted octanol–water partition coefficient (Wildman–Crippen LogP) is 6.93. The van der Waals surface area contributed by atoms with Crippen LogP contribution in [0.15, 0.2) is 30.3 Å². The molecule has 1 N–H and O–H groups in total. The Hall–Kier alpha value is -1.38. The van der Waals surface area contributed by atoms with Crippen molar-refractivity contribution in [3.05, 3.63) is 47.0 Å². The minimum absolute atomic E-state index is 0.416. The van der Waals surface area contributed by atoms with E-state index >= 15 is 0 Å². The first-order valence-electron chi connectivity index (χ1n) is 12.4. The van der Waals surface area contributed by atoms with Crippen molar-refractivity contribution in [2.24, 2.45) is 11.8 Å². The molecule has 2 nitrogen and oxygen atoms in total. The first kappa shape index (κ1) is 23.3. The Balaban J connectivity index is 1.78. The minimum Gasteiger partial charge on any atom is -0.387 e. The lowest BCUT2D eigenvalue weighted by Gasteiger charge is -2.28. The average molecular weight is 410 g/mol. The molecule has 0 radical (unpaired) electrons. The largest absolute Gasteiger partial charge is 0.387 e. The third-order valence-electron chi connectivity index (χ3n) is 6.71. The lowest BCUT2D eigenvalue weighted by molar-refractivity contribution is 0.110. The molecular weight excluding hydrogens is 366 g/mol. The summed E-state index contributed by atoms with van der Waals surface area (Å²) in [4.78, 5) is 2.52. The summed E-state index contributed by atoms with van der Waals surface area (Å²) in [5, 5.41) is 14.0. The van der Waals surface area contributed by atoms with Crippen LogP contribution in [0.4, 0.5) is 0 Å². The minimum atomic E-state index is -0.416. The van der Waals surface area contributed by atoms with Gasteiger partial charge in [0.05, 0.1) is 6.10 Å². The highest BCUT2D eigenvalue weighted by Gasteiger charge is 2.21. The van der Waals surface area contributed by atoms with E-state index in [0.717, 1.165) is 43.5 Å². The average Bonchev–Trinajstić information content (AvgIpc) is 2.72. The lowest BCUT2D eigenvalue weighted by atomic mass is 9.84. The quantitative estimate of drug-likeness (QED) is 0.435. The molecule has 0 unspecified atom stereocenters. The van der Waals surface area contributed by atoms with Gasteiger partial charge < -0.3 is 10.0 Å². The second-order valence-electron chi connectivity index (χ2n) is 10.2. The van der Waals surface area contributed by atoms with Crippen LogP contribution in [0, 0.1) is 11.8 Å². The van der Waals surface area contributed by atoms with Crippen molar-refractivity contribution < 1.29 is 5.11 Å². The van der Waals surface area contributed by atoms with Gasteiger partial charge >= 0.3 is 0 Å². The molecule has 0 aromatic heterocycles. The molecule has 0 fully saturated rings. The van der Waals surface area contributed by atoms with Gasteiger partial charge in [-0.05, 0) is 104 Å². The van der Waals surface area contributed by atoms with Crippen LogP contribution >= 0.6 is 0 Å². The summed E-state index contributed by atoms with van der Waals surface area (Å²) < 4.78 is 0. The number of aliphatic hydroxyl groups excluding tert-OH is 1. The molecule has 30 heavy (non-hydrogen) atoms. The number of aliphatic hydroxyl groups is 1. The van der Waals surface area contributed by atoms with E-state index in [9.17, 15) is 5.11 Å². The van der Waals surface area contributed by atoms with Gasteiger partial charge in [0.2, 0.25) is 0 Å². The third kappa shape index (κ3) is 6.31. The number of aryl methyl sites for hydroxylation is 2. The van der Waals surface area contributed by atoms with Gasteiger partial charge in [-0.2, -0.15) is 0 Å². The van der Waals surface area contributed by atoms with E-state index in [1.807, 2.05) is 0 Å². The molecular formula is C28H43NO. The Bertz CT molecular complexity index is 781. The van der Waals surface area contributed by atoms with Crippen LogP contribution in [0.25, 0.3) is 10.8 Å². The highest BCUT2D eigenvalue weighted by molar-refractivity contribution is 5.90. The fraction of sp³-hybridized carbons (Fsp3) is 0.643. The first-order valence-corrected chi connectivity index (χ1v) is 12.4. The molecule has 1 atom stereocenters. The molecule has 166 valence electrons. The van der Waals surface area contributed by atoms with Crippen LogP contribution in [0.3, 0.4) is 0 Å². The van der Waals surface area contributed by atoms with Gasteiger partial charge in [-0.3, -0.25) is 0 Å². The fourth-order valence-electron chi connectivity index (χ4n) is 5.02. The molecule has 0 bridgehead atoms.